The molecule has 0 unspecified atom stereocenters. The highest BCUT2D eigenvalue weighted by Crippen LogP contribution is 2.30. The molecule has 0 spiro atoms. The van der Waals surface area contributed by atoms with E-state index in [0.29, 0.717) is 35.7 Å². The first-order valence-corrected chi connectivity index (χ1v) is 6.94. The predicted octanol–water partition coefficient (Wildman–Crippen LogP) is 0.247. The van der Waals surface area contributed by atoms with Gasteiger partial charge in [0.05, 0.1) is 17.9 Å². The highest BCUT2D eigenvalue weighted by molar-refractivity contribution is 6.06. The zero-order valence-electron chi connectivity index (χ0n) is 12.4. The van der Waals surface area contributed by atoms with Crippen LogP contribution >= 0.6 is 0 Å². The molecule has 116 valence electrons. The Labute approximate surface area is 132 Å². The number of hydrogen-bond donors (Lipinski definition) is 2. The smallest absolute Gasteiger partial charge is 0.270 e. The van der Waals surface area contributed by atoms with Crippen molar-refractivity contribution < 1.29 is 14.3 Å². The SMILES string of the molecule is C#Cc1ccc2c(c1)-n1nc(C(N)=O)c(C(=O)NC)c1CCO2. The molecule has 1 aliphatic heterocycles. The number of nitrogens with zero attached hydrogens (tertiary/aromatic N) is 2. The molecule has 0 bridgehead atoms. The minimum atomic E-state index is -0.764. The molecule has 2 aromatic rings. The van der Waals surface area contributed by atoms with Crippen molar-refractivity contribution in [2.24, 2.45) is 5.73 Å². The topological polar surface area (TPSA) is 99.2 Å². The van der Waals surface area contributed by atoms with Gasteiger partial charge in [0.1, 0.15) is 11.4 Å². The largest absolute Gasteiger partial charge is 0.491 e. The third kappa shape index (κ3) is 2.30. The average molecular weight is 310 g/mol. The second kappa shape index (κ2) is 5.50. The van der Waals surface area contributed by atoms with E-state index in [-0.39, 0.29) is 11.3 Å². The predicted molar refractivity (Wildman–Crippen MR) is 82.6 cm³/mol. The maximum absolute atomic E-state index is 12.2. The number of nitrogens with two attached hydrogens (primary N) is 1. The standard InChI is InChI=1S/C16H14N4O3/c1-3-9-4-5-12-11(8-9)20-10(6-7-23-12)13(16(22)18-2)14(19-20)15(17)21/h1,4-5,8H,6-7H2,2H3,(H2,17,21)(H,18,22). The summed E-state index contributed by atoms with van der Waals surface area (Å²) in [6.07, 6.45) is 5.84. The normalized spacial score (nSPS) is 12.2. The number of fused-ring (bicyclic) bond motifs is 3. The van der Waals surface area contributed by atoms with E-state index in [1.54, 1.807) is 18.2 Å². The minimum absolute atomic E-state index is 0.0710. The van der Waals surface area contributed by atoms with Crippen LogP contribution in [0.3, 0.4) is 0 Å². The Bertz CT molecular complexity index is 861. The van der Waals surface area contributed by atoms with Gasteiger partial charge >= 0.3 is 0 Å². The van der Waals surface area contributed by atoms with Crippen molar-refractivity contribution in [1.82, 2.24) is 15.1 Å². The summed E-state index contributed by atoms with van der Waals surface area (Å²) in [6.45, 7) is 0.344. The van der Waals surface area contributed by atoms with Crippen LogP contribution in [0.15, 0.2) is 18.2 Å². The molecule has 0 fully saturated rings. The second-order valence-corrected chi connectivity index (χ2v) is 4.95. The Hall–Kier alpha value is -3.27. The first kappa shape index (κ1) is 14.7. The molecule has 2 amide bonds. The molecule has 23 heavy (non-hydrogen) atoms. The van der Waals surface area contributed by atoms with E-state index >= 15 is 0 Å². The molecular weight excluding hydrogens is 296 g/mol. The lowest BCUT2D eigenvalue weighted by Gasteiger charge is -2.08. The zero-order chi connectivity index (χ0) is 16.6. The fourth-order valence-corrected chi connectivity index (χ4v) is 2.57. The lowest BCUT2D eigenvalue weighted by Crippen LogP contribution is -2.24. The summed E-state index contributed by atoms with van der Waals surface area (Å²) in [5.74, 6) is 1.93. The van der Waals surface area contributed by atoms with Gasteiger partial charge in [0.2, 0.25) is 0 Å². The number of rotatable bonds is 2. The van der Waals surface area contributed by atoms with Crippen LogP contribution in [-0.2, 0) is 6.42 Å². The Morgan fingerprint density at radius 3 is 2.91 bits per heavy atom. The second-order valence-electron chi connectivity index (χ2n) is 4.95. The molecule has 3 rings (SSSR count). The van der Waals surface area contributed by atoms with Crippen LogP contribution in [-0.4, -0.2) is 35.2 Å². The van der Waals surface area contributed by atoms with E-state index in [0.717, 1.165) is 0 Å². The molecule has 3 N–H and O–H groups in total. The Kier molecular flexibility index (Phi) is 3.50. The van der Waals surface area contributed by atoms with Gasteiger partial charge < -0.3 is 15.8 Å². The molecule has 0 aliphatic carbocycles. The van der Waals surface area contributed by atoms with Gasteiger partial charge in [0, 0.05) is 19.0 Å². The quantitative estimate of drug-likeness (QED) is 0.777. The summed E-state index contributed by atoms with van der Waals surface area (Å²) in [5, 5.41) is 6.74. The summed E-state index contributed by atoms with van der Waals surface area (Å²) in [6, 6.07) is 5.21. The van der Waals surface area contributed by atoms with Crippen molar-refractivity contribution in [3.05, 3.63) is 40.7 Å². The van der Waals surface area contributed by atoms with E-state index in [4.69, 9.17) is 16.9 Å². The fourth-order valence-electron chi connectivity index (χ4n) is 2.57. The van der Waals surface area contributed by atoms with Gasteiger partial charge in [0.25, 0.3) is 11.8 Å². The Balaban J connectivity index is 2.31. The summed E-state index contributed by atoms with van der Waals surface area (Å²) >= 11 is 0. The number of aromatic nitrogens is 2. The highest BCUT2D eigenvalue weighted by atomic mass is 16.5. The first-order chi connectivity index (χ1) is 11.1. The molecular formula is C16H14N4O3. The van der Waals surface area contributed by atoms with Crippen LogP contribution in [0.5, 0.6) is 5.75 Å². The molecule has 0 saturated heterocycles. The van der Waals surface area contributed by atoms with Gasteiger partial charge in [-0.05, 0) is 18.2 Å². The van der Waals surface area contributed by atoms with Crippen molar-refractivity contribution in [1.29, 1.82) is 0 Å². The van der Waals surface area contributed by atoms with Gasteiger partial charge in [-0.15, -0.1) is 6.42 Å². The third-order valence-corrected chi connectivity index (χ3v) is 3.62. The van der Waals surface area contributed by atoms with Crippen molar-refractivity contribution in [3.8, 4) is 23.8 Å². The molecule has 7 heteroatoms. The number of amides is 2. The maximum atomic E-state index is 12.2. The molecule has 1 aromatic carbocycles. The lowest BCUT2D eigenvalue weighted by atomic mass is 10.1. The maximum Gasteiger partial charge on any atom is 0.270 e. The Morgan fingerprint density at radius 1 is 1.48 bits per heavy atom. The van der Waals surface area contributed by atoms with Crippen molar-refractivity contribution in [2.45, 2.75) is 6.42 Å². The monoisotopic (exact) mass is 310 g/mol. The van der Waals surface area contributed by atoms with E-state index in [1.807, 2.05) is 0 Å². The molecule has 1 aliphatic rings. The molecule has 0 atom stereocenters. The third-order valence-electron chi connectivity index (χ3n) is 3.62. The summed E-state index contributed by atoms with van der Waals surface area (Å²) in [4.78, 5) is 23.9. The lowest BCUT2D eigenvalue weighted by molar-refractivity contribution is 0.0941. The number of terminal acetylenes is 1. The average Bonchev–Trinajstić information content (AvgIpc) is 2.85. The minimum Gasteiger partial charge on any atom is -0.491 e. The zero-order valence-corrected chi connectivity index (χ0v) is 12.4. The van der Waals surface area contributed by atoms with Gasteiger partial charge in [-0.25, -0.2) is 4.68 Å². The number of primary amides is 1. The molecule has 1 aromatic heterocycles. The van der Waals surface area contributed by atoms with E-state index in [1.165, 1.54) is 11.7 Å². The van der Waals surface area contributed by atoms with Gasteiger partial charge in [-0.1, -0.05) is 5.92 Å². The van der Waals surface area contributed by atoms with Gasteiger partial charge in [-0.2, -0.15) is 5.10 Å². The molecule has 0 saturated carbocycles. The summed E-state index contributed by atoms with van der Waals surface area (Å²) in [7, 11) is 1.48. The first-order valence-electron chi connectivity index (χ1n) is 6.94. The molecule has 2 heterocycles. The number of nitrogens with one attached hydrogen (secondary N) is 1. The van der Waals surface area contributed by atoms with E-state index < -0.39 is 11.8 Å². The van der Waals surface area contributed by atoms with Crippen LogP contribution < -0.4 is 15.8 Å². The number of carbonyl (C=O) groups excluding carboxylic acids is 2. The number of carbonyl (C=O) groups is 2. The van der Waals surface area contributed by atoms with Crippen molar-refractivity contribution in [2.75, 3.05) is 13.7 Å². The van der Waals surface area contributed by atoms with Crippen LogP contribution in [0.25, 0.3) is 5.69 Å². The highest BCUT2D eigenvalue weighted by Gasteiger charge is 2.29. The van der Waals surface area contributed by atoms with Crippen molar-refractivity contribution in [3.63, 3.8) is 0 Å². The van der Waals surface area contributed by atoms with Crippen LogP contribution in [0.1, 0.15) is 32.1 Å². The van der Waals surface area contributed by atoms with Crippen molar-refractivity contribution >= 4 is 11.8 Å². The molecule has 0 radical (unpaired) electrons. The number of benzene rings is 1. The number of ether oxygens (including phenoxy) is 1. The van der Waals surface area contributed by atoms with Crippen LogP contribution in [0.2, 0.25) is 0 Å². The van der Waals surface area contributed by atoms with Gasteiger partial charge in [0.15, 0.2) is 5.69 Å². The fraction of sp³-hybridized carbons (Fsp3) is 0.188. The summed E-state index contributed by atoms with van der Waals surface area (Å²) in [5.41, 5.74) is 7.25. The van der Waals surface area contributed by atoms with Crippen LogP contribution in [0.4, 0.5) is 0 Å². The Morgan fingerprint density at radius 2 is 2.26 bits per heavy atom. The number of hydrogen-bond acceptors (Lipinski definition) is 4. The molecule has 7 nitrogen and oxygen atoms in total. The van der Waals surface area contributed by atoms with E-state index in [9.17, 15) is 9.59 Å². The van der Waals surface area contributed by atoms with E-state index in [2.05, 4.69) is 16.3 Å². The summed E-state index contributed by atoms with van der Waals surface area (Å²) < 4.78 is 7.19. The van der Waals surface area contributed by atoms with Crippen LogP contribution in [0, 0.1) is 12.3 Å². The van der Waals surface area contributed by atoms with Gasteiger partial charge in [-0.3, -0.25) is 9.59 Å².